The number of rotatable bonds is 4. The third-order valence-corrected chi connectivity index (χ3v) is 3.91. The van der Waals surface area contributed by atoms with E-state index in [9.17, 15) is 9.59 Å². The number of nitrogens with zero attached hydrogens (tertiary/aromatic N) is 7. The molecule has 4 rings (SSSR count). The highest BCUT2D eigenvalue weighted by molar-refractivity contribution is 5.76. The number of aryl methyl sites for hydroxylation is 1. The first kappa shape index (κ1) is 15.2. The molecule has 25 heavy (non-hydrogen) atoms. The van der Waals surface area contributed by atoms with Crippen molar-refractivity contribution in [3.8, 4) is 5.88 Å². The minimum atomic E-state index is -0.301. The molecule has 3 aromatic heterocycles. The molecular formula is C15H15N7O3. The van der Waals surface area contributed by atoms with Gasteiger partial charge in [-0.3, -0.25) is 9.59 Å². The van der Waals surface area contributed by atoms with Crippen LogP contribution in [0.4, 0.5) is 0 Å². The van der Waals surface area contributed by atoms with Crippen LogP contribution >= 0.6 is 0 Å². The van der Waals surface area contributed by atoms with Crippen LogP contribution in [-0.4, -0.2) is 59.4 Å². The van der Waals surface area contributed by atoms with E-state index >= 15 is 0 Å². The molecule has 1 fully saturated rings. The maximum absolute atomic E-state index is 12.2. The molecule has 0 aliphatic carbocycles. The number of hydrogen-bond donors (Lipinski definition) is 0. The van der Waals surface area contributed by atoms with E-state index in [1.807, 2.05) is 6.92 Å². The second-order valence-electron chi connectivity index (χ2n) is 5.77. The van der Waals surface area contributed by atoms with Crippen LogP contribution in [0.3, 0.4) is 0 Å². The van der Waals surface area contributed by atoms with Crippen molar-refractivity contribution in [1.82, 2.24) is 34.3 Å². The van der Waals surface area contributed by atoms with Gasteiger partial charge in [-0.05, 0) is 13.0 Å². The van der Waals surface area contributed by atoms with Crippen molar-refractivity contribution in [3.05, 3.63) is 46.8 Å². The minimum Gasteiger partial charge on any atom is -0.470 e. The lowest BCUT2D eigenvalue weighted by atomic mass is 10.1. The first-order valence-corrected chi connectivity index (χ1v) is 7.74. The van der Waals surface area contributed by atoms with Gasteiger partial charge in [0, 0.05) is 24.0 Å². The van der Waals surface area contributed by atoms with Gasteiger partial charge in [-0.15, -0.1) is 0 Å². The molecule has 10 nitrogen and oxygen atoms in total. The molecule has 0 radical (unpaired) electrons. The highest BCUT2D eigenvalue weighted by Crippen LogP contribution is 2.19. The smallest absolute Gasteiger partial charge is 0.267 e. The Labute approximate surface area is 141 Å². The molecule has 0 atom stereocenters. The van der Waals surface area contributed by atoms with Gasteiger partial charge in [0.1, 0.15) is 19.0 Å². The zero-order valence-electron chi connectivity index (χ0n) is 13.4. The fourth-order valence-corrected chi connectivity index (χ4v) is 2.60. The second-order valence-corrected chi connectivity index (χ2v) is 5.77. The summed E-state index contributed by atoms with van der Waals surface area (Å²) in [6, 6.07) is 4.69. The van der Waals surface area contributed by atoms with E-state index in [-0.39, 0.29) is 24.1 Å². The summed E-state index contributed by atoms with van der Waals surface area (Å²) < 4.78 is 8.56. The van der Waals surface area contributed by atoms with Crippen LogP contribution in [0, 0.1) is 6.92 Å². The normalized spacial score (nSPS) is 14.5. The number of fused-ring (bicyclic) bond motifs is 1. The number of ether oxygens (including phenoxy) is 1. The quantitative estimate of drug-likeness (QED) is 0.616. The molecule has 0 N–H and O–H groups in total. The van der Waals surface area contributed by atoms with Gasteiger partial charge in [0.15, 0.2) is 0 Å². The number of hydrogen-bond acceptors (Lipinski definition) is 7. The number of carbonyl (C=O) groups is 1. The van der Waals surface area contributed by atoms with Crippen molar-refractivity contribution in [2.24, 2.45) is 0 Å². The molecule has 0 bridgehead atoms. The second kappa shape index (κ2) is 5.96. The summed E-state index contributed by atoms with van der Waals surface area (Å²) in [5.41, 5.74) is 0.474. The Morgan fingerprint density at radius 3 is 3.00 bits per heavy atom. The molecule has 1 aliphatic heterocycles. The maximum atomic E-state index is 12.2. The van der Waals surface area contributed by atoms with Crippen LogP contribution in [0.25, 0.3) is 5.78 Å². The Morgan fingerprint density at radius 2 is 2.20 bits per heavy atom. The van der Waals surface area contributed by atoms with E-state index in [0.29, 0.717) is 24.7 Å². The van der Waals surface area contributed by atoms with Gasteiger partial charge in [0.2, 0.25) is 11.8 Å². The van der Waals surface area contributed by atoms with E-state index in [0.717, 1.165) is 10.4 Å². The van der Waals surface area contributed by atoms with Gasteiger partial charge < -0.3 is 9.64 Å². The Bertz CT molecular complexity index is 990. The Hall–Kier alpha value is -3.30. The van der Waals surface area contributed by atoms with Gasteiger partial charge >= 0.3 is 0 Å². The van der Waals surface area contributed by atoms with Crippen molar-refractivity contribution < 1.29 is 9.53 Å². The highest BCUT2D eigenvalue weighted by Gasteiger charge is 2.33. The molecule has 0 unspecified atom stereocenters. The molecule has 4 heterocycles. The van der Waals surface area contributed by atoms with Crippen molar-refractivity contribution in [2.45, 2.75) is 19.6 Å². The lowest BCUT2D eigenvalue weighted by Gasteiger charge is -2.38. The van der Waals surface area contributed by atoms with Crippen LogP contribution < -0.4 is 10.3 Å². The topological polar surface area (TPSA) is 108 Å². The van der Waals surface area contributed by atoms with Gasteiger partial charge in [0.25, 0.3) is 11.3 Å². The van der Waals surface area contributed by atoms with Crippen molar-refractivity contribution in [1.29, 1.82) is 0 Å². The molecule has 3 aromatic rings. The summed E-state index contributed by atoms with van der Waals surface area (Å²) in [7, 11) is 0. The van der Waals surface area contributed by atoms with Crippen molar-refractivity contribution in [2.75, 3.05) is 13.1 Å². The fourth-order valence-electron chi connectivity index (χ4n) is 2.60. The van der Waals surface area contributed by atoms with E-state index in [1.54, 1.807) is 17.0 Å². The molecular weight excluding hydrogens is 326 g/mol. The average molecular weight is 341 g/mol. The average Bonchev–Trinajstić information content (AvgIpc) is 3.00. The maximum Gasteiger partial charge on any atom is 0.267 e. The fraction of sp³-hybridized carbons (Fsp3) is 0.333. The van der Waals surface area contributed by atoms with E-state index in [2.05, 4.69) is 20.2 Å². The molecule has 0 aromatic carbocycles. The molecule has 10 heteroatoms. The third kappa shape index (κ3) is 2.93. The van der Waals surface area contributed by atoms with Crippen molar-refractivity contribution >= 4 is 11.7 Å². The largest absolute Gasteiger partial charge is 0.470 e. The lowest BCUT2D eigenvalue weighted by molar-refractivity contribution is -0.141. The van der Waals surface area contributed by atoms with E-state index < -0.39 is 0 Å². The predicted octanol–water partition coefficient (Wildman–Crippen LogP) is -0.721. The number of amides is 1. The van der Waals surface area contributed by atoms with Gasteiger partial charge in [-0.1, -0.05) is 0 Å². The number of aromatic nitrogens is 6. The SMILES string of the molecule is Cc1cc(OC2CN(C(=O)Cn3ncccc3=O)C2)n2ncnc2n1. The molecule has 128 valence electrons. The minimum absolute atomic E-state index is 0.0753. The van der Waals surface area contributed by atoms with E-state index in [4.69, 9.17) is 4.74 Å². The predicted molar refractivity (Wildman–Crippen MR) is 85.0 cm³/mol. The Kier molecular flexibility index (Phi) is 3.64. The molecule has 0 spiro atoms. The monoisotopic (exact) mass is 341 g/mol. The zero-order valence-corrected chi connectivity index (χ0v) is 13.4. The summed E-state index contributed by atoms with van der Waals surface area (Å²) in [5, 5.41) is 7.97. The third-order valence-electron chi connectivity index (χ3n) is 3.91. The molecule has 1 amide bonds. The van der Waals surface area contributed by atoms with Crippen LogP contribution in [0.2, 0.25) is 0 Å². The first-order valence-electron chi connectivity index (χ1n) is 7.74. The van der Waals surface area contributed by atoms with Crippen LogP contribution in [0.1, 0.15) is 5.69 Å². The summed E-state index contributed by atoms with van der Waals surface area (Å²) in [6.45, 7) is 2.66. The Balaban J connectivity index is 1.39. The number of likely N-dealkylation sites (tertiary alicyclic amines) is 1. The van der Waals surface area contributed by atoms with Gasteiger partial charge in [-0.2, -0.15) is 19.7 Å². The summed E-state index contributed by atoms with van der Waals surface area (Å²) in [6.07, 6.45) is 2.75. The molecule has 1 saturated heterocycles. The van der Waals surface area contributed by atoms with Crippen LogP contribution in [-0.2, 0) is 11.3 Å². The van der Waals surface area contributed by atoms with E-state index in [1.165, 1.54) is 23.1 Å². The van der Waals surface area contributed by atoms with Gasteiger partial charge in [0.05, 0.1) is 13.1 Å². The first-order chi connectivity index (χ1) is 12.1. The van der Waals surface area contributed by atoms with Crippen molar-refractivity contribution in [3.63, 3.8) is 0 Å². The Morgan fingerprint density at radius 1 is 1.36 bits per heavy atom. The summed E-state index contributed by atoms with van der Waals surface area (Å²) in [5.74, 6) is 0.840. The standard InChI is InChI=1S/C15H15N7O3/c1-10-5-14(22-15(19-10)16-9-18-22)25-11-6-20(7-11)13(24)8-21-12(23)3-2-4-17-21/h2-5,9,11H,6-8H2,1H3. The number of carbonyl (C=O) groups excluding carboxylic acids is 1. The van der Waals surface area contributed by atoms with Crippen LogP contribution in [0.5, 0.6) is 5.88 Å². The summed E-state index contributed by atoms with van der Waals surface area (Å²) >= 11 is 0. The zero-order chi connectivity index (χ0) is 17.4. The van der Waals surface area contributed by atoms with Gasteiger partial charge in [-0.25, -0.2) is 9.67 Å². The molecule has 0 saturated carbocycles. The summed E-state index contributed by atoms with van der Waals surface area (Å²) in [4.78, 5) is 33.7. The highest BCUT2D eigenvalue weighted by atomic mass is 16.5. The lowest BCUT2D eigenvalue weighted by Crippen LogP contribution is -2.57. The van der Waals surface area contributed by atoms with Crippen LogP contribution in [0.15, 0.2) is 35.5 Å². The molecule has 1 aliphatic rings.